The zero-order valence-electron chi connectivity index (χ0n) is 13.9. The Morgan fingerprint density at radius 3 is 2.54 bits per heavy atom. The first-order valence-corrected chi connectivity index (χ1v) is 8.28. The minimum atomic E-state index is -0.792. The van der Waals surface area contributed by atoms with Crippen molar-refractivity contribution in [3.8, 4) is 5.75 Å². The Labute approximate surface area is 155 Å². The summed E-state index contributed by atoms with van der Waals surface area (Å²) in [4.78, 5) is 27.9. The van der Waals surface area contributed by atoms with Crippen molar-refractivity contribution in [3.63, 3.8) is 0 Å². The normalized spacial score (nSPS) is 11.6. The predicted molar refractivity (Wildman–Crippen MR) is 98.9 cm³/mol. The molecule has 0 aliphatic rings. The summed E-state index contributed by atoms with van der Waals surface area (Å²) in [5.41, 5.74) is 4.92. The summed E-state index contributed by atoms with van der Waals surface area (Å²) in [6.07, 6.45) is 0.526. The van der Waals surface area contributed by atoms with E-state index in [-0.39, 0.29) is 10.7 Å². The van der Waals surface area contributed by atoms with E-state index in [2.05, 4.69) is 15.8 Å². The molecule has 0 aliphatic heterocycles. The lowest BCUT2D eigenvalue weighted by Crippen LogP contribution is -2.47. The van der Waals surface area contributed by atoms with Crippen LogP contribution in [0, 0.1) is 0 Å². The number of rotatable bonds is 4. The second-order valence-electron chi connectivity index (χ2n) is 5.58. The molecule has 2 aromatic carbocycles. The predicted octanol–water partition coefficient (Wildman–Crippen LogP) is 3.12. The van der Waals surface area contributed by atoms with Gasteiger partial charge in [-0.2, -0.15) is 0 Å². The zero-order valence-corrected chi connectivity index (χ0v) is 14.7. The molecule has 0 saturated carbocycles. The fraction of sp³-hybridized carbons (Fsp3) is 0.105. The molecule has 1 heterocycles. The van der Waals surface area contributed by atoms with Gasteiger partial charge in [0.05, 0.1) is 5.56 Å². The van der Waals surface area contributed by atoms with Crippen LogP contribution in [-0.4, -0.2) is 22.9 Å². The fourth-order valence-corrected chi connectivity index (χ4v) is 2.41. The van der Waals surface area contributed by atoms with Crippen LogP contribution in [0.15, 0.2) is 60.8 Å². The first-order valence-electron chi connectivity index (χ1n) is 7.90. The summed E-state index contributed by atoms with van der Waals surface area (Å²) < 4.78 is 5.64. The SMILES string of the molecule is CC(Oc1ccc2ccccc2c1)C(=O)NNC(=O)c1ccc(Cl)nc1. The Balaban J connectivity index is 1.56. The van der Waals surface area contributed by atoms with Crippen LogP contribution in [0.4, 0.5) is 0 Å². The summed E-state index contributed by atoms with van der Waals surface area (Å²) in [5.74, 6) is -0.409. The summed E-state index contributed by atoms with van der Waals surface area (Å²) in [5, 5.41) is 2.38. The number of halogens is 1. The molecule has 1 aromatic heterocycles. The lowest BCUT2D eigenvalue weighted by Gasteiger charge is -2.15. The average Bonchev–Trinajstić information content (AvgIpc) is 2.66. The highest BCUT2D eigenvalue weighted by molar-refractivity contribution is 6.29. The van der Waals surface area contributed by atoms with Crippen molar-refractivity contribution >= 4 is 34.2 Å². The molecule has 3 aromatic rings. The molecule has 26 heavy (non-hydrogen) atoms. The van der Waals surface area contributed by atoms with E-state index in [9.17, 15) is 9.59 Å². The van der Waals surface area contributed by atoms with Crippen LogP contribution in [0.2, 0.25) is 5.15 Å². The third-order valence-corrected chi connectivity index (χ3v) is 3.92. The van der Waals surface area contributed by atoms with E-state index in [4.69, 9.17) is 16.3 Å². The van der Waals surface area contributed by atoms with Crippen LogP contribution < -0.4 is 15.6 Å². The van der Waals surface area contributed by atoms with Gasteiger partial charge in [0.2, 0.25) is 0 Å². The molecule has 3 rings (SSSR count). The van der Waals surface area contributed by atoms with Gasteiger partial charge in [0.25, 0.3) is 11.8 Å². The third-order valence-electron chi connectivity index (χ3n) is 3.69. The van der Waals surface area contributed by atoms with E-state index < -0.39 is 17.9 Å². The number of nitrogens with zero attached hydrogens (tertiary/aromatic N) is 1. The average molecular weight is 370 g/mol. The van der Waals surface area contributed by atoms with E-state index >= 15 is 0 Å². The van der Waals surface area contributed by atoms with E-state index in [0.717, 1.165) is 10.8 Å². The first kappa shape index (κ1) is 17.7. The van der Waals surface area contributed by atoms with Crippen LogP contribution in [0.3, 0.4) is 0 Å². The quantitative estimate of drug-likeness (QED) is 0.547. The van der Waals surface area contributed by atoms with Gasteiger partial charge in [-0.05, 0) is 42.0 Å². The molecule has 0 radical (unpaired) electrons. The van der Waals surface area contributed by atoms with Crippen molar-refractivity contribution in [2.75, 3.05) is 0 Å². The highest BCUT2D eigenvalue weighted by Crippen LogP contribution is 2.21. The molecule has 1 unspecified atom stereocenters. The van der Waals surface area contributed by atoms with Crippen LogP contribution >= 0.6 is 11.6 Å². The maximum Gasteiger partial charge on any atom is 0.279 e. The van der Waals surface area contributed by atoms with Crippen molar-refractivity contribution in [3.05, 3.63) is 71.5 Å². The van der Waals surface area contributed by atoms with Gasteiger partial charge in [0.1, 0.15) is 10.9 Å². The number of benzene rings is 2. The summed E-state index contributed by atoms with van der Waals surface area (Å²) in [7, 11) is 0. The minimum absolute atomic E-state index is 0.276. The van der Waals surface area contributed by atoms with Gasteiger partial charge in [0, 0.05) is 6.20 Å². The molecule has 132 valence electrons. The van der Waals surface area contributed by atoms with Crippen molar-refractivity contribution in [2.24, 2.45) is 0 Å². The molecule has 7 heteroatoms. The highest BCUT2D eigenvalue weighted by atomic mass is 35.5. The second kappa shape index (κ2) is 7.84. The Morgan fingerprint density at radius 1 is 1.04 bits per heavy atom. The standard InChI is InChI=1S/C19H16ClN3O3/c1-12(26-16-8-6-13-4-2-3-5-14(13)10-16)18(24)22-23-19(25)15-7-9-17(20)21-11-15/h2-12H,1H3,(H,22,24)(H,23,25). The fourth-order valence-electron chi connectivity index (χ4n) is 2.30. The van der Waals surface area contributed by atoms with Crippen LogP contribution in [0.5, 0.6) is 5.75 Å². The van der Waals surface area contributed by atoms with E-state index in [1.807, 2.05) is 36.4 Å². The Kier molecular flexibility index (Phi) is 5.34. The van der Waals surface area contributed by atoms with Crippen molar-refractivity contribution in [1.82, 2.24) is 15.8 Å². The summed E-state index contributed by atoms with van der Waals surface area (Å²) in [6.45, 7) is 1.60. The molecule has 0 saturated heterocycles. The number of carbonyl (C=O) groups excluding carboxylic acids is 2. The number of pyridine rings is 1. The number of ether oxygens (including phenoxy) is 1. The first-order chi connectivity index (χ1) is 12.5. The molecule has 2 N–H and O–H groups in total. The molecular formula is C19H16ClN3O3. The smallest absolute Gasteiger partial charge is 0.279 e. The van der Waals surface area contributed by atoms with E-state index in [1.54, 1.807) is 13.0 Å². The molecule has 0 spiro atoms. The van der Waals surface area contributed by atoms with Gasteiger partial charge in [-0.1, -0.05) is 41.9 Å². The van der Waals surface area contributed by atoms with Gasteiger partial charge in [-0.25, -0.2) is 4.98 Å². The number of aromatic nitrogens is 1. The zero-order chi connectivity index (χ0) is 18.5. The molecule has 1 atom stereocenters. The van der Waals surface area contributed by atoms with Gasteiger partial charge in [0.15, 0.2) is 6.10 Å². The molecular weight excluding hydrogens is 354 g/mol. The summed E-state index contributed by atoms with van der Waals surface area (Å²) >= 11 is 5.67. The van der Waals surface area contributed by atoms with E-state index in [1.165, 1.54) is 18.3 Å². The Morgan fingerprint density at radius 2 is 1.81 bits per heavy atom. The van der Waals surface area contributed by atoms with Crippen molar-refractivity contribution < 1.29 is 14.3 Å². The number of amides is 2. The summed E-state index contributed by atoms with van der Waals surface area (Å²) in [6, 6.07) is 16.4. The lowest BCUT2D eigenvalue weighted by molar-refractivity contribution is -0.128. The van der Waals surface area contributed by atoms with E-state index in [0.29, 0.717) is 5.75 Å². The minimum Gasteiger partial charge on any atom is -0.481 e. The van der Waals surface area contributed by atoms with Gasteiger partial charge >= 0.3 is 0 Å². The number of nitrogens with one attached hydrogen (secondary N) is 2. The topological polar surface area (TPSA) is 80.3 Å². The third kappa shape index (κ3) is 4.29. The molecule has 2 amide bonds. The maximum absolute atomic E-state index is 12.1. The van der Waals surface area contributed by atoms with Crippen LogP contribution in [-0.2, 0) is 4.79 Å². The molecule has 0 fully saturated rings. The van der Waals surface area contributed by atoms with Gasteiger partial charge < -0.3 is 4.74 Å². The Hall–Kier alpha value is -3.12. The number of hydrogen-bond acceptors (Lipinski definition) is 4. The molecule has 0 aliphatic carbocycles. The Bertz CT molecular complexity index is 944. The second-order valence-corrected chi connectivity index (χ2v) is 5.97. The largest absolute Gasteiger partial charge is 0.481 e. The van der Waals surface area contributed by atoms with Crippen LogP contribution in [0.25, 0.3) is 10.8 Å². The lowest BCUT2D eigenvalue weighted by atomic mass is 10.1. The number of hydrogen-bond donors (Lipinski definition) is 2. The molecule has 6 nitrogen and oxygen atoms in total. The number of fused-ring (bicyclic) bond motifs is 1. The number of hydrazine groups is 1. The van der Waals surface area contributed by atoms with Crippen molar-refractivity contribution in [1.29, 1.82) is 0 Å². The van der Waals surface area contributed by atoms with Gasteiger partial charge in [-0.3, -0.25) is 20.4 Å². The monoisotopic (exact) mass is 369 g/mol. The maximum atomic E-state index is 12.1. The highest BCUT2D eigenvalue weighted by Gasteiger charge is 2.16. The van der Waals surface area contributed by atoms with Crippen LogP contribution in [0.1, 0.15) is 17.3 Å². The number of carbonyl (C=O) groups is 2. The van der Waals surface area contributed by atoms with Crippen molar-refractivity contribution in [2.45, 2.75) is 13.0 Å². The van der Waals surface area contributed by atoms with Gasteiger partial charge in [-0.15, -0.1) is 0 Å². The molecule has 0 bridgehead atoms.